The zero-order chi connectivity index (χ0) is 17.3. The van der Waals surface area contributed by atoms with Crippen LogP contribution in [0.4, 0.5) is 18.9 Å². The average Bonchev–Trinajstić information content (AvgIpc) is 2.86. The fourth-order valence-corrected chi connectivity index (χ4v) is 2.31. The van der Waals surface area contributed by atoms with Gasteiger partial charge in [-0.2, -0.15) is 5.10 Å². The van der Waals surface area contributed by atoms with Crippen LogP contribution in [0.3, 0.4) is 0 Å². The third kappa shape index (κ3) is 3.32. The van der Waals surface area contributed by atoms with Crippen LogP contribution in [0.25, 0.3) is 10.9 Å². The number of halogens is 3. The number of hydrogen-bond donors (Lipinski definition) is 1. The SMILES string of the molecule is Cn1nc(C(=O)Nc2ccc(OC(F)(F)F)cc2)c2ccccc21. The molecule has 2 aromatic carbocycles. The highest BCUT2D eigenvalue weighted by Crippen LogP contribution is 2.24. The summed E-state index contributed by atoms with van der Waals surface area (Å²) in [6, 6.07) is 12.1. The summed E-state index contributed by atoms with van der Waals surface area (Å²) in [5.74, 6) is -0.805. The number of para-hydroxylation sites is 1. The van der Waals surface area contributed by atoms with Crippen LogP contribution >= 0.6 is 0 Å². The highest BCUT2D eigenvalue weighted by atomic mass is 19.4. The van der Waals surface area contributed by atoms with E-state index in [4.69, 9.17) is 0 Å². The van der Waals surface area contributed by atoms with Gasteiger partial charge in [0, 0.05) is 18.1 Å². The van der Waals surface area contributed by atoms with Crippen LogP contribution in [0.15, 0.2) is 48.5 Å². The topological polar surface area (TPSA) is 56.2 Å². The van der Waals surface area contributed by atoms with Gasteiger partial charge in [0.25, 0.3) is 5.91 Å². The lowest BCUT2D eigenvalue weighted by atomic mass is 10.2. The molecule has 3 rings (SSSR count). The van der Waals surface area contributed by atoms with Crippen LogP contribution in [0, 0.1) is 0 Å². The van der Waals surface area contributed by atoms with Crippen LogP contribution in [-0.2, 0) is 7.05 Å². The maximum absolute atomic E-state index is 12.4. The molecule has 0 aliphatic heterocycles. The van der Waals surface area contributed by atoms with Crippen molar-refractivity contribution in [1.82, 2.24) is 9.78 Å². The Morgan fingerprint density at radius 1 is 1.12 bits per heavy atom. The third-order valence-corrected chi connectivity index (χ3v) is 3.32. The molecular formula is C16H12F3N3O2. The molecule has 0 saturated heterocycles. The second-order valence-electron chi connectivity index (χ2n) is 5.02. The van der Waals surface area contributed by atoms with E-state index in [1.54, 1.807) is 23.9 Å². The van der Waals surface area contributed by atoms with Gasteiger partial charge in [0.1, 0.15) is 5.75 Å². The molecule has 1 amide bonds. The Hall–Kier alpha value is -3.03. The molecule has 1 aromatic heterocycles. The predicted molar refractivity (Wildman–Crippen MR) is 81.8 cm³/mol. The molecule has 0 saturated carbocycles. The number of carbonyl (C=O) groups is 1. The highest BCUT2D eigenvalue weighted by molar-refractivity contribution is 6.11. The molecule has 1 heterocycles. The van der Waals surface area contributed by atoms with Gasteiger partial charge in [-0.3, -0.25) is 9.48 Å². The molecule has 5 nitrogen and oxygen atoms in total. The summed E-state index contributed by atoms with van der Waals surface area (Å²) in [5, 5.41) is 7.47. The molecule has 0 bridgehead atoms. The number of nitrogens with zero attached hydrogens (tertiary/aromatic N) is 2. The van der Waals surface area contributed by atoms with Crippen LogP contribution < -0.4 is 10.1 Å². The highest BCUT2D eigenvalue weighted by Gasteiger charge is 2.31. The number of anilines is 1. The third-order valence-electron chi connectivity index (χ3n) is 3.32. The van der Waals surface area contributed by atoms with E-state index in [-0.39, 0.29) is 11.4 Å². The maximum atomic E-state index is 12.4. The van der Waals surface area contributed by atoms with Crippen molar-refractivity contribution in [2.24, 2.45) is 7.05 Å². The normalized spacial score (nSPS) is 11.5. The molecular weight excluding hydrogens is 323 g/mol. The standard InChI is InChI=1S/C16H12F3N3O2/c1-22-13-5-3-2-4-12(13)14(21-22)15(23)20-10-6-8-11(9-7-10)24-16(17,18)19/h2-9H,1H3,(H,20,23). The lowest BCUT2D eigenvalue weighted by molar-refractivity contribution is -0.274. The number of aryl methyl sites for hydroxylation is 1. The van der Waals surface area contributed by atoms with E-state index in [1.807, 2.05) is 12.1 Å². The first kappa shape index (κ1) is 15.9. The first-order valence-corrected chi connectivity index (χ1v) is 6.92. The minimum absolute atomic E-state index is 0.240. The molecule has 124 valence electrons. The van der Waals surface area contributed by atoms with E-state index in [0.29, 0.717) is 11.1 Å². The van der Waals surface area contributed by atoms with Crippen molar-refractivity contribution in [3.8, 4) is 5.75 Å². The van der Waals surface area contributed by atoms with E-state index in [1.165, 1.54) is 12.1 Å². The number of amides is 1. The number of fused-ring (bicyclic) bond motifs is 1. The lowest BCUT2D eigenvalue weighted by Crippen LogP contribution is -2.17. The van der Waals surface area contributed by atoms with Crippen molar-refractivity contribution in [3.63, 3.8) is 0 Å². The molecule has 1 N–H and O–H groups in total. The maximum Gasteiger partial charge on any atom is 0.573 e. The Balaban J connectivity index is 1.79. The quantitative estimate of drug-likeness (QED) is 0.793. The lowest BCUT2D eigenvalue weighted by Gasteiger charge is -2.09. The molecule has 0 aliphatic carbocycles. The summed E-state index contributed by atoms with van der Waals surface area (Å²) in [4.78, 5) is 12.4. The minimum atomic E-state index is -4.75. The fraction of sp³-hybridized carbons (Fsp3) is 0.125. The van der Waals surface area contributed by atoms with Crippen molar-refractivity contribution in [2.45, 2.75) is 6.36 Å². The van der Waals surface area contributed by atoms with Crippen molar-refractivity contribution in [1.29, 1.82) is 0 Å². The number of ether oxygens (including phenoxy) is 1. The van der Waals surface area contributed by atoms with Gasteiger partial charge in [-0.1, -0.05) is 18.2 Å². The van der Waals surface area contributed by atoms with Crippen molar-refractivity contribution >= 4 is 22.5 Å². The number of carbonyl (C=O) groups excluding carboxylic acids is 1. The Morgan fingerprint density at radius 2 is 1.79 bits per heavy atom. The van der Waals surface area contributed by atoms with E-state index >= 15 is 0 Å². The van der Waals surface area contributed by atoms with Crippen molar-refractivity contribution in [3.05, 3.63) is 54.2 Å². The van der Waals surface area contributed by atoms with Gasteiger partial charge >= 0.3 is 6.36 Å². The number of hydrogen-bond acceptors (Lipinski definition) is 3. The van der Waals surface area contributed by atoms with Crippen LogP contribution in [0.5, 0.6) is 5.75 Å². The first-order chi connectivity index (χ1) is 11.3. The second-order valence-corrected chi connectivity index (χ2v) is 5.02. The minimum Gasteiger partial charge on any atom is -0.406 e. The molecule has 0 radical (unpaired) electrons. The Morgan fingerprint density at radius 3 is 2.46 bits per heavy atom. The molecule has 24 heavy (non-hydrogen) atoms. The van der Waals surface area contributed by atoms with Gasteiger partial charge in [-0.25, -0.2) is 0 Å². The zero-order valence-electron chi connectivity index (χ0n) is 12.5. The Bertz CT molecular complexity index is 886. The predicted octanol–water partition coefficient (Wildman–Crippen LogP) is 3.72. The smallest absolute Gasteiger partial charge is 0.406 e. The van der Waals surface area contributed by atoms with E-state index < -0.39 is 12.3 Å². The monoisotopic (exact) mass is 335 g/mol. The van der Waals surface area contributed by atoms with E-state index in [0.717, 1.165) is 17.6 Å². The van der Waals surface area contributed by atoms with Gasteiger partial charge in [0.2, 0.25) is 0 Å². The van der Waals surface area contributed by atoms with Gasteiger partial charge < -0.3 is 10.1 Å². The fourth-order valence-electron chi connectivity index (χ4n) is 2.31. The summed E-state index contributed by atoms with van der Waals surface area (Å²) in [5.41, 5.74) is 1.38. The summed E-state index contributed by atoms with van der Waals surface area (Å²) < 4.78 is 41.7. The van der Waals surface area contributed by atoms with Crippen molar-refractivity contribution in [2.75, 3.05) is 5.32 Å². The van der Waals surface area contributed by atoms with Gasteiger partial charge in [0.15, 0.2) is 5.69 Å². The number of alkyl halides is 3. The van der Waals surface area contributed by atoms with Crippen LogP contribution in [-0.4, -0.2) is 22.1 Å². The van der Waals surface area contributed by atoms with Gasteiger partial charge in [-0.15, -0.1) is 13.2 Å². The summed E-state index contributed by atoms with van der Waals surface area (Å²) in [7, 11) is 1.72. The number of nitrogens with one attached hydrogen (secondary N) is 1. The van der Waals surface area contributed by atoms with Gasteiger partial charge in [-0.05, 0) is 30.3 Å². The Kier molecular flexibility index (Phi) is 3.88. The van der Waals surface area contributed by atoms with Crippen LogP contribution in [0.1, 0.15) is 10.5 Å². The number of rotatable bonds is 3. The van der Waals surface area contributed by atoms with Crippen LogP contribution in [0.2, 0.25) is 0 Å². The van der Waals surface area contributed by atoms with Gasteiger partial charge in [0.05, 0.1) is 5.52 Å². The molecule has 0 unspecified atom stereocenters. The number of benzene rings is 2. The summed E-state index contributed by atoms with van der Waals surface area (Å²) >= 11 is 0. The second kappa shape index (κ2) is 5.88. The average molecular weight is 335 g/mol. The van der Waals surface area contributed by atoms with E-state index in [2.05, 4.69) is 15.2 Å². The van der Waals surface area contributed by atoms with E-state index in [9.17, 15) is 18.0 Å². The number of aromatic nitrogens is 2. The zero-order valence-corrected chi connectivity index (χ0v) is 12.5. The van der Waals surface area contributed by atoms with Crippen molar-refractivity contribution < 1.29 is 22.7 Å². The summed E-state index contributed by atoms with van der Waals surface area (Å²) in [6.45, 7) is 0. The molecule has 0 spiro atoms. The molecule has 0 aliphatic rings. The molecule has 0 fully saturated rings. The first-order valence-electron chi connectivity index (χ1n) is 6.92. The Labute approximate surface area is 134 Å². The summed E-state index contributed by atoms with van der Waals surface area (Å²) in [6.07, 6.45) is -4.75. The molecule has 8 heteroatoms. The molecule has 3 aromatic rings. The molecule has 0 atom stereocenters. The largest absolute Gasteiger partial charge is 0.573 e.